The summed E-state index contributed by atoms with van der Waals surface area (Å²) in [5.74, 6) is 0.305. The Balaban J connectivity index is 2.36. The van der Waals surface area contributed by atoms with Gasteiger partial charge in [0.15, 0.2) is 0 Å². The zero-order chi connectivity index (χ0) is 11.5. The molecule has 1 rings (SSSR count). The Hall–Kier alpha value is 0.270. The third-order valence-electron chi connectivity index (χ3n) is 3.72. The van der Waals surface area contributed by atoms with Crippen LogP contribution in [0, 0.1) is 5.92 Å². The van der Waals surface area contributed by atoms with Crippen molar-refractivity contribution in [2.75, 3.05) is 12.8 Å². The van der Waals surface area contributed by atoms with Gasteiger partial charge in [-0.05, 0) is 31.9 Å². The van der Waals surface area contributed by atoms with E-state index in [-0.39, 0.29) is 0 Å². The number of nitrogens with one attached hydrogen (secondary N) is 1. The van der Waals surface area contributed by atoms with Gasteiger partial charge in [-0.3, -0.25) is 0 Å². The van der Waals surface area contributed by atoms with Gasteiger partial charge in [0.1, 0.15) is 0 Å². The molecule has 90 valence electrons. The molecule has 3 unspecified atom stereocenters. The van der Waals surface area contributed by atoms with Crippen LogP contribution in [-0.4, -0.2) is 34.8 Å². The van der Waals surface area contributed by atoms with Gasteiger partial charge in [-0.2, -0.15) is 11.8 Å². The van der Waals surface area contributed by atoms with Gasteiger partial charge in [0.05, 0.1) is 5.60 Å². The van der Waals surface area contributed by atoms with Crippen LogP contribution >= 0.6 is 11.8 Å². The summed E-state index contributed by atoms with van der Waals surface area (Å²) in [6, 6.07) is 0.602. The second-order valence-corrected chi connectivity index (χ2v) is 6.28. The number of hydrogen-bond acceptors (Lipinski definition) is 3. The zero-order valence-electron chi connectivity index (χ0n) is 10.4. The SMILES string of the molecule is CSC1CCCC1NCC(C)(O)C(C)C. The molecule has 0 heterocycles. The highest BCUT2D eigenvalue weighted by Gasteiger charge is 2.30. The van der Waals surface area contributed by atoms with Crippen LogP contribution in [0.1, 0.15) is 40.0 Å². The minimum atomic E-state index is -0.578. The average Bonchev–Trinajstić information content (AvgIpc) is 2.61. The third kappa shape index (κ3) is 3.65. The normalized spacial score (nSPS) is 30.8. The summed E-state index contributed by atoms with van der Waals surface area (Å²) in [6.07, 6.45) is 6.10. The zero-order valence-corrected chi connectivity index (χ0v) is 11.2. The Morgan fingerprint density at radius 3 is 2.67 bits per heavy atom. The molecule has 0 radical (unpaired) electrons. The lowest BCUT2D eigenvalue weighted by atomic mass is 9.92. The quantitative estimate of drug-likeness (QED) is 0.761. The van der Waals surface area contributed by atoms with Crippen LogP contribution < -0.4 is 5.32 Å². The molecule has 0 aliphatic heterocycles. The fourth-order valence-electron chi connectivity index (χ4n) is 1.98. The van der Waals surface area contributed by atoms with E-state index in [9.17, 15) is 5.11 Å². The molecule has 0 bridgehead atoms. The van der Waals surface area contributed by atoms with Gasteiger partial charge < -0.3 is 10.4 Å². The smallest absolute Gasteiger partial charge is 0.0766 e. The highest BCUT2D eigenvalue weighted by Crippen LogP contribution is 2.28. The van der Waals surface area contributed by atoms with Crippen LogP contribution in [0.2, 0.25) is 0 Å². The van der Waals surface area contributed by atoms with Crippen molar-refractivity contribution in [3.8, 4) is 0 Å². The summed E-state index contributed by atoms with van der Waals surface area (Å²) in [6.45, 7) is 6.78. The molecule has 2 nitrogen and oxygen atoms in total. The Morgan fingerprint density at radius 1 is 1.47 bits per heavy atom. The molecule has 0 amide bonds. The molecule has 1 aliphatic carbocycles. The first-order valence-electron chi connectivity index (χ1n) is 5.96. The molecule has 0 spiro atoms. The van der Waals surface area contributed by atoms with Crippen molar-refractivity contribution >= 4 is 11.8 Å². The van der Waals surface area contributed by atoms with Gasteiger partial charge in [-0.1, -0.05) is 20.3 Å². The Kier molecular flexibility index (Phi) is 4.94. The Morgan fingerprint density at radius 2 is 2.13 bits per heavy atom. The minimum Gasteiger partial charge on any atom is -0.389 e. The number of rotatable bonds is 5. The van der Waals surface area contributed by atoms with Crippen molar-refractivity contribution in [1.29, 1.82) is 0 Å². The van der Waals surface area contributed by atoms with Crippen LogP contribution in [0.5, 0.6) is 0 Å². The van der Waals surface area contributed by atoms with Crippen molar-refractivity contribution in [1.82, 2.24) is 5.32 Å². The molecule has 1 saturated carbocycles. The molecule has 0 aromatic rings. The molecule has 15 heavy (non-hydrogen) atoms. The summed E-state index contributed by atoms with van der Waals surface area (Å²) < 4.78 is 0. The molecule has 1 aliphatic rings. The predicted molar refractivity (Wildman–Crippen MR) is 68.4 cm³/mol. The molecule has 3 atom stereocenters. The van der Waals surface area contributed by atoms with E-state index in [1.807, 2.05) is 18.7 Å². The van der Waals surface area contributed by atoms with Gasteiger partial charge in [-0.25, -0.2) is 0 Å². The lowest BCUT2D eigenvalue weighted by Crippen LogP contribution is -2.47. The van der Waals surface area contributed by atoms with Crippen molar-refractivity contribution in [2.24, 2.45) is 5.92 Å². The Labute approximate surface area is 98.2 Å². The van der Waals surface area contributed by atoms with E-state index in [4.69, 9.17) is 0 Å². The summed E-state index contributed by atoms with van der Waals surface area (Å²) >= 11 is 1.96. The summed E-state index contributed by atoms with van der Waals surface area (Å²) in [5.41, 5.74) is -0.578. The van der Waals surface area contributed by atoms with Crippen LogP contribution in [0.25, 0.3) is 0 Å². The lowest BCUT2D eigenvalue weighted by molar-refractivity contribution is 0.0121. The van der Waals surface area contributed by atoms with E-state index in [1.54, 1.807) is 0 Å². The van der Waals surface area contributed by atoms with Crippen molar-refractivity contribution in [3.63, 3.8) is 0 Å². The highest BCUT2D eigenvalue weighted by molar-refractivity contribution is 7.99. The molecular formula is C12H25NOS. The van der Waals surface area contributed by atoms with Crippen LogP contribution in [-0.2, 0) is 0 Å². The van der Waals surface area contributed by atoms with E-state index in [2.05, 4.69) is 25.4 Å². The second-order valence-electron chi connectivity index (χ2n) is 5.20. The van der Waals surface area contributed by atoms with Crippen molar-refractivity contribution in [2.45, 2.75) is 56.9 Å². The maximum atomic E-state index is 10.1. The van der Waals surface area contributed by atoms with E-state index in [1.165, 1.54) is 19.3 Å². The highest BCUT2D eigenvalue weighted by atomic mass is 32.2. The standard InChI is InChI=1S/C12H25NOS/c1-9(2)12(3,14)8-13-10-6-5-7-11(10)15-4/h9-11,13-14H,5-8H2,1-4H3. The van der Waals surface area contributed by atoms with E-state index >= 15 is 0 Å². The van der Waals surface area contributed by atoms with Crippen molar-refractivity contribution < 1.29 is 5.11 Å². The van der Waals surface area contributed by atoms with E-state index in [0.29, 0.717) is 18.5 Å². The van der Waals surface area contributed by atoms with Gasteiger partial charge in [0, 0.05) is 17.8 Å². The fraction of sp³-hybridized carbons (Fsp3) is 1.00. The van der Waals surface area contributed by atoms with Crippen molar-refractivity contribution in [3.05, 3.63) is 0 Å². The van der Waals surface area contributed by atoms with Gasteiger partial charge in [0.2, 0.25) is 0 Å². The molecule has 2 N–H and O–H groups in total. The molecule has 0 aromatic carbocycles. The molecule has 1 fully saturated rings. The van der Waals surface area contributed by atoms with Crippen LogP contribution in [0.4, 0.5) is 0 Å². The molecule has 3 heteroatoms. The fourth-order valence-corrected chi connectivity index (χ4v) is 2.95. The van der Waals surface area contributed by atoms with Crippen LogP contribution in [0.15, 0.2) is 0 Å². The first kappa shape index (κ1) is 13.3. The molecule has 0 saturated heterocycles. The predicted octanol–water partition coefficient (Wildman–Crippen LogP) is 2.27. The van der Waals surface area contributed by atoms with Gasteiger partial charge >= 0.3 is 0 Å². The monoisotopic (exact) mass is 231 g/mol. The molecular weight excluding hydrogens is 206 g/mol. The summed E-state index contributed by atoms with van der Waals surface area (Å²) in [5, 5.41) is 14.4. The number of aliphatic hydroxyl groups is 1. The largest absolute Gasteiger partial charge is 0.389 e. The van der Waals surface area contributed by atoms with Crippen LogP contribution in [0.3, 0.4) is 0 Å². The van der Waals surface area contributed by atoms with Gasteiger partial charge in [-0.15, -0.1) is 0 Å². The van der Waals surface area contributed by atoms with Gasteiger partial charge in [0.25, 0.3) is 0 Å². The minimum absolute atomic E-state index is 0.305. The maximum absolute atomic E-state index is 10.1. The first-order valence-corrected chi connectivity index (χ1v) is 7.24. The lowest BCUT2D eigenvalue weighted by Gasteiger charge is -2.31. The summed E-state index contributed by atoms with van der Waals surface area (Å²) in [7, 11) is 0. The molecule has 0 aromatic heterocycles. The second kappa shape index (κ2) is 5.55. The Bertz CT molecular complexity index is 194. The third-order valence-corrected chi connectivity index (χ3v) is 4.89. The average molecular weight is 231 g/mol. The number of thioether (sulfide) groups is 1. The summed E-state index contributed by atoms with van der Waals surface area (Å²) in [4.78, 5) is 0. The maximum Gasteiger partial charge on any atom is 0.0766 e. The number of hydrogen-bond donors (Lipinski definition) is 2. The van der Waals surface area contributed by atoms with E-state index < -0.39 is 5.60 Å². The topological polar surface area (TPSA) is 32.3 Å². The van der Waals surface area contributed by atoms with E-state index in [0.717, 1.165) is 5.25 Å². The first-order chi connectivity index (χ1) is 6.97.